The molecule has 4 aromatic rings. The third kappa shape index (κ3) is 9.63. The van der Waals surface area contributed by atoms with Gasteiger partial charge in [-0.05, 0) is 44.5 Å². The molecule has 0 N–H and O–H groups in total. The van der Waals surface area contributed by atoms with Gasteiger partial charge in [-0.25, -0.2) is 0 Å². The van der Waals surface area contributed by atoms with Gasteiger partial charge in [0.15, 0.2) is 0 Å². The molecule has 0 nitrogen and oxygen atoms in total. The van der Waals surface area contributed by atoms with Crippen molar-refractivity contribution in [3.05, 3.63) is 168 Å². The van der Waals surface area contributed by atoms with Crippen LogP contribution in [0.1, 0.15) is 44.5 Å². The zero-order chi connectivity index (χ0) is 29.1. The molecule has 0 radical (unpaired) electrons. The van der Waals surface area contributed by atoms with Crippen molar-refractivity contribution in [1.82, 2.24) is 0 Å². The normalized spacial score (nSPS) is 11.4. The fraction of sp³-hybridized carbons (Fsp3) is 0. The maximum Gasteiger partial charge on any atom is 0.0253 e. The van der Waals surface area contributed by atoms with E-state index in [1.165, 1.54) is 0 Å². The predicted octanol–water partition coefficient (Wildman–Crippen LogP) is 11.3. The van der Waals surface area contributed by atoms with E-state index < -0.39 is 0 Å². The molecule has 0 heterocycles. The van der Waals surface area contributed by atoms with E-state index in [0.717, 1.165) is 64.1 Å². The van der Waals surface area contributed by atoms with Crippen LogP contribution in [0.25, 0.3) is 43.9 Å². The van der Waals surface area contributed by atoms with Gasteiger partial charge < -0.3 is 0 Å². The van der Waals surface area contributed by atoms with Crippen LogP contribution < -0.4 is 0 Å². The molecule has 0 fully saturated rings. The van der Waals surface area contributed by atoms with Crippen LogP contribution in [0.4, 0.5) is 0 Å². The minimum atomic E-state index is 0. The number of rotatable bonds is 8. The third-order valence-corrected chi connectivity index (χ3v) is 8.41. The van der Waals surface area contributed by atoms with E-state index in [9.17, 15) is 0 Å². The van der Waals surface area contributed by atoms with E-state index in [0.29, 0.717) is 0 Å². The molecule has 0 unspecified atom stereocenters. The van der Waals surface area contributed by atoms with Gasteiger partial charge >= 0.3 is 0 Å². The van der Waals surface area contributed by atoms with Crippen LogP contribution in [0, 0.1) is 0 Å². The molecule has 4 aromatic carbocycles. The van der Waals surface area contributed by atoms with Crippen molar-refractivity contribution in [3.8, 4) is 0 Å². The van der Waals surface area contributed by atoms with Crippen LogP contribution in [-0.4, -0.2) is 0 Å². The Morgan fingerprint density at radius 1 is 0.341 bits per heavy atom. The molecule has 41 heavy (non-hydrogen) atoms. The minimum absolute atomic E-state index is 0. The first-order chi connectivity index (χ1) is 19.3. The Bertz CT molecular complexity index is 1300. The summed E-state index contributed by atoms with van der Waals surface area (Å²) < 4.78 is 0. The van der Waals surface area contributed by atoms with Gasteiger partial charge in [0.1, 0.15) is 0 Å². The summed E-state index contributed by atoms with van der Waals surface area (Å²) in [6.45, 7) is 15.0. The Morgan fingerprint density at radius 2 is 0.488 bits per heavy atom. The maximum absolute atomic E-state index is 4.60. The van der Waals surface area contributed by atoms with Crippen molar-refractivity contribution >= 4 is 94.4 Å². The molecule has 210 valence electrons. The monoisotopic (exact) mass is 650 g/mol. The first-order valence-corrected chi connectivity index (χ1v) is 14.3. The second-order valence-corrected chi connectivity index (χ2v) is 10.5. The molecular formula is C36H32NiS4. The largest absolute Gasteiger partial charge is 0.142 e. The summed E-state index contributed by atoms with van der Waals surface area (Å²) in [6, 6.07) is 32.3. The molecule has 0 saturated heterocycles. The first kappa shape index (κ1) is 34.4. The zero-order valence-corrected chi connectivity index (χ0v) is 27.0. The standard InChI is InChI=1S/2C18H16S2.Ni/c2*1-3-13-5-9-15(10-6-13)17(19)18(20)16-11-7-14(4-2)8-12-16;/h2*3-12,19-20H,1-2H2;. The molecular weight excluding hydrogens is 619 g/mol. The number of hydrogen-bond donors (Lipinski definition) is 4. The van der Waals surface area contributed by atoms with Gasteiger partial charge in [-0.1, -0.05) is 148 Å². The quantitative estimate of drug-likeness (QED) is 0.0814. The Hall–Kier alpha value is -2.79. The van der Waals surface area contributed by atoms with Crippen LogP contribution in [-0.2, 0) is 16.5 Å². The molecule has 0 aromatic heterocycles. The molecule has 0 spiro atoms. The third-order valence-electron chi connectivity index (χ3n) is 6.13. The molecule has 0 aliphatic carbocycles. The summed E-state index contributed by atoms with van der Waals surface area (Å²) in [5.74, 6) is 0. The van der Waals surface area contributed by atoms with E-state index in [1.54, 1.807) is 0 Å². The SMILES string of the molecule is C=Cc1ccc(C(S)=C(S)c2ccc(C=C)cc2)cc1.C=Cc1ccc(C(S)=C(S)c2ccc(C=C)cc2)cc1.[Ni]. The average molecular weight is 652 g/mol. The van der Waals surface area contributed by atoms with Gasteiger partial charge in [0.05, 0.1) is 0 Å². The van der Waals surface area contributed by atoms with Gasteiger partial charge in [0.25, 0.3) is 0 Å². The summed E-state index contributed by atoms with van der Waals surface area (Å²) in [5.41, 5.74) is 8.51. The summed E-state index contributed by atoms with van der Waals surface area (Å²) in [6.07, 6.45) is 7.28. The summed E-state index contributed by atoms with van der Waals surface area (Å²) >= 11 is 18.4. The average Bonchev–Trinajstić information content (AvgIpc) is 3.03. The number of hydrogen-bond acceptors (Lipinski definition) is 4. The second-order valence-electron chi connectivity index (χ2n) is 8.70. The Labute approximate surface area is 277 Å². The fourth-order valence-electron chi connectivity index (χ4n) is 3.66. The Morgan fingerprint density at radius 3 is 0.610 bits per heavy atom. The number of thiol groups is 4. The van der Waals surface area contributed by atoms with Crippen LogP contribution in [0.2, 0.25) is 0 Å². The topological polar surface area (TPSA) is 0 Å². The van der Waals surface area contributed by atoms with Gasteiger partial charge in [-0.2, -0.15) is 0 Å². The summed E-state index contributed by atoms with van der Waals surface area (Å²) in [4.78, 5) is 3.43. The molecule has 0 amide bonds. The summed E-state index contributed by atoms with van der Waals surface area (Å²) in [5, 5.41) is 0. The van der Waals surface area contributed by atoms with Crippen LogP contribution in [0.3, 0.4) is 0 Å². The van der Waals surface area contributed by atoms with Gasteiger partial charge in [0, 0.05) is 36.1 Å². The Balaban J connectivity index is 0.000000280. The van der Waals surface area contributed by atoms with Crippen molar-refractivity contribution in [2.75, 3.05) is 0 Å². The van der Waals surface area contributed by atoms with Crippen molar-refractivity contribution in [1.29, 1.82) is 0 Å². The smallest absolute Gasteiger partial charge is 0.0253 e. The molecule has 0 aliphatic heterocycles. The van der Waals surface area contributed by atoms with Gasteiger partial charge in [-0.15, -0.1) is 50.5 Å². The van der Waals surface area contributed by atoms with Crippen LogP contribution >= 0.6 is 50.5 Å². The molecule has 0 bridgehead atoms. The predicted molar refractivity (Wildman–Crippen MR) is 196 cm³/mol. The molecule has 5 heteroatoms. The van der Waals surface area contributed by atoms with E-state index in [2.05, 4.69) is 76.8 Å². The first-order valence-electron chi connectivity index (χ1n) is 12.5. The van der Waals surface area contributed by atoms with E-state index in [1.807, 2.05) is 121 Å². The number of benzene rings is 4. The van der Waals surface area contributed by atoms with Crippen molar-refractivity contribution in [2.45, 2.75) is 0 Å². The minimum Gasteiger partial charge on any atom is -0.142 e. The van der Waals surface area contributed by atoms with Crippen LogP contribution in [0.15, 0.2) is 123 Å². The van der Waals surface area contributed by atoms with Crippen molar-refractivity contribution in [3.63, 3.8) is 0 Å². The zero-order valence-electron chi connectivity index (χ0n) is 22.5. The van der Waals surface area contributed by atoms with Gasteiger partial charge in [0.2, 0.25) is 0 Å². The second kappa shape index (κ2) is 17.2. The fourth-order valence-corrected chi connectivity index (χ4v) is 4.77. The molecule has 0 aliphatic rings. The van der Waals surface area contributed by atoms with Crippen molar-refractivity contribution in [2.24, 2.45) is 0 Å². The summed E-state index contributed by atoms with van der Waals surface area (Å²) in [7, 11) is 0. The van der Waals surface area contributed by atoms with E-state index in [-0.39, 0.29) is 16.5 Å². The van der Waals surface area contributed by atoms with Crippen molar-refractivity contribution < 1.29 is 16.5 Å². The van der Waals surface area contributed by atoms with E-state index >= 15 is 0 Å². The molecule has 4 rings (SSSR count). The van der Waals surface area contributed by atoms with Gasteiger partial charge in [-0.3, -0.25) is 0 Å². The van der Waals surface area contributed by atoms with E-state index in [4.69, 9.17) is 0 Å². The molecule has 0 atom stereocenters. The Kier molecular flexibility index (Phi) is 14.5. The van der Waals surface area contributed by atoms with Crippen LogP contribution in [0.5, 0.6) is 0 Å². The maximum atomic E-state index is 4.60. The molecule has 0 saturated carbocycles.